The van der Waals surface area contributed by atoms with Crippen LogP contribution in [0.25, 0.3) is 0 Å². The van der Waals surface area contributed by atoms with Gasteiger partial charge in [-0.15, -0.1) is 0 Å². The lowest BCUT2D eigenvalue weighted by molar-refractivity contribution is -0.120. The molecule has 0 heterocycles. The minimum Gasteiger partial charge on any atom is -0.348 e. The number of sulfonamides is 1. The Morgan fingerprint density at radius 2 is 1.63 bits per heavy atom. The first-order valence-electron chi connectivity index (χ1n) is 12.4. The fraction of sp³-hybridized carbons (Fsp3) is 0.345. The van der Waals surface area contributed by atoms with Crippen LogP contribution in [0, 0.1) is 13.8 Å². The third kappa shape index (κ3) is 5.59. The van der Waals surface area contributed by atoms with Crippen LogP contribution in [0.1, 0.15) is 60.0 Å². The molecule has 4 rings (SSSR count). The predicted octanol–water partition coefficient (Wildman–Crippen LogP) is 5.65. The normalized spacial score (nSPS) is 14.1. The number of rotatable bonds is 8. The standard InChI is InChI=1S/C29H34N2O3S/c1-4-27(25-16-15-23-10-6-7-11-24(23)19-25)30-29(32)20-31(28-12-8-5-9-22(28)3)35(33,34)26-17-13-21(2)14-18-26/h5,8-9,12-19,27H,4,6-7,10-11,20H2,1-3H3,(H,30,32)/t27-/m1/s1. The van der Waals surface area contributed by atoms with E-state index in [1.165, 1.54) is 28.3 Å². The lowest BCUT2D eigenvalue weighted by Gasteiger charge is -2.27. The molecule has 6 heteroatoms. The van der Waals surface area contributed by atoms with Crippen LogP contribution in [0.4, 0.5) is 5.69 Å². The molecule has 3 aromatic carbocycles. The van der Waals surface area contributed by atoms with E-state index in [0.717, 1.165) is 36.0 Å². The molecule has 0 saturated heterocycles. The zero-order chi connectivity index (χ0) is 25.0. The molecule has 0 bridgehead atoms. The van der Waals surface area contributed by atoms with Gasteiger partial charge in [-0.2, -0.15) is 0 Å². The molecule has 0 aliphatic heterocycles. The highest BCUT2D eigenvalue weighted by Gasteiger charge is 2.29. The van der Waals surface area contributed by atoms with Gasteiger partial charge in [-0.1, -0.05) is 61.0 Å². The fourth-order valence-corrected chi connectivity index (χ4v) is 6.23. The largest absolute Gasteiger partial charge is 0.348 e. The second-order valence-electron chi connectivity index (χ2n) is 9.37. The van der Waals surface area contributed by atoms with Gasteiger partial charge >= 0.3 is 0 Å². The molecule has 1 atom stereocenters. The molecule has 1 N–H and O–H groups in total. The van der Waals surface area contributed by atoms with Gasteiger partial charge in [0.15, 0.2) is 0 Å². The first-order chi connectivity index (χ1) is 16.8. The molecule has 0 spiro atoms. The maximum absolute atomic E-state index is 13.7. The minimum absolute atomic E-state index is 0.167. The summed E-state index contributed by atoms with van der Waals surface area (Å²) in [5.74, 6) is -0.325. The van der Waals surface area contributed by atoms with Crippen molar-refractivity contribution in [3.8, 4) is 0 Å². The number of nitrogens with one attached hydrogen (secondary N) is 1. The third-order valence-electron chi connectivity index (χ3n) is 6.80. The monoisotopic (exact) mass is 490 g/mol. The summed E-state index contributed by atoms with van der Waals surface area (Å²) in [5, 5.41) is 3.10. The van der Waals surface area contributed by atoms with Gasteiger partial charge in [-0.25, -0.2) is 8.42 Å². The number of carbonyl (C=O) groups is 1. The topological polar surface area (TPSA) is 66.5 Å². The summed E-state index contributed by atoms with van der Waals surface area (Å²) in [6, 6.07) is 20.3. The molecular formula is C29H34N2O3S. The summed E-state index contributed by atoms with van der Waals surface area (Å²) in [4.78, 5) is 13.5. The molecule has 1 amide bonds. The lowest BCUT2D eigenvalue weighted by atomic mass is 9.89. The van der Waals surface area contributed by atoms with Gasteiger partial charge in [-0.3, -0.25) is 9.10 Å². The fourth-order valence-electron chi connectivity index (χ4n) is 4.74. The van der Waals surface area contributed by atoms with Crippen LogP contribution in [0.5, 0.6) is 0 Å². The van der Waals surface area contributed by atoms with E-state index in [1.807, 2.05) is 32.9 Å². The van der Waals surface area contributed by atoms with E-state index in [1.54, 1.807) is 36.4 Å². The number of benzene rings is 3. The second kappa shape index (κ2) is 10.6. The molecule has 0 aromatic heterocycles. The number of hydrogen-bond donors (Lipinski definition) is 1. The smallest absolute Gasteiger partial charge is 0.264 e. The van der Waals surface area contributed by atoms with Crippen LogP contribution in [-0.4, -0.2) is 20.9 Å². The number of aryl methyl sites for hydroxylation is 4. The average molecular weight is 491 g/mol. The zero-order valence-corrected chi connectivity index (χ0v) is 21.6. The summed E-state index contributed by atoms with van der Waals surface area (Å²) in [6.45, 7) is 5.51. The molecule has 0 fully saturated rings. The lowest BCUT2D eigenvalue weighted by Crippen LogP contribution is -2.42. The van der Waals surface area contributed by atoms with Gasteiger partial charge in [0.25, 0.3) is 10.0 Å². The molecule has 35 heavy (non-hydrogen) atoms. The molecule has 0 radical (unpaired) electrons. The minimum atomic E-state index is -3.94. The molecule has 1 aliphatic carbocycles. The van der Waals surface area contributed by atoms with Crippen molar-refractivity contribution in [3.63, 3.8) is 0 Å². The van der Waals surface area contributed by atoms with Crippen LogP contribution in [0.2, 0.25) is 0 Å². The third-order valence-corrected chi connectivity index (χ3v) is 8.57. The Labute approximate surface area is 209 Å². The van der Waals surface area contributed by atoms with Crippen molar-refractivity contribution in [1.82, 2.24) is 5.32 Å². The zero-order valence-electron chi connectivity index (χ0n) is 20.8. The van der Waals surface area contributed by atoms with Crippen LogP contribution in [0.3, 0.4) is 0 Å². The van der Waals surface area contributed by atoms with Gasteiger partial charge in [0.1, 0.15) is 6.54 Å². The number of carbonyl (C=O) groups excluding carboxylic acids is 1. The van der Waals surface area contributed by atoms with Crippen LogP contribution in [-0.2, 0) is 27.7 Å². The van der Waals surface area contributed by atoms with E-state index < -0.39 is 10.0 Å². The molecule has 5 nitrogen and oxygen atoms in total. The maximum Gasteiger partial charge on any atom is 0.264 e. The number of hydrogen-bond acceptors (Lipinski definition) is 3. The molecule has 0 saturated carbocycles. The van der Waals surface area contributed by atoms with E-state index in [4.69, 9.17) is 0 Å². The average Bonchev–Trinajstić information content (AvgIpc) is 2.86. The first-order valence-corrected chi connectivity index (χ1v) is 13.8. The number of nitrogens with zero attached hydrogens (tertiary/aromatic N) is 1. The Hall–Kier alpha value is -3.12. The van der Waals surface area contributed by atoms with E-state index in [2.05, 4.69) is 23.5 Å². The number of amides is 1. The van der Waals surface area contributed by atoms with Gasteiger partial charge in [0, 0.05) is 0 Å². The van der Waals surface area contributed by atoms with Crippen molar-refractivity contribution in [3.05, 3.63) is 94.5 Å². The number of fused-ring (bicyclic) bond motifs is 1. The summed E-state index contributed by atoms with van der Waals surface area (Å²) in [6.07, 6.45) is 5.33. The predicted molar refractivity (Wildman–Crippen MR) is 141 cm³/mol. The Balaban J connectivity index is 1.61. The Morgan fingerprint density at radius 3 is 2.31 bits per heavy atom. The highest BCUT2D eigenvalue weighted by Crippen LogP contribution is 2.28. The van der Waals surface area contributed by atoms with Crippen LogP contribution >= 0.6 is 0 Å². The Morgan fingerprint density at radius 1 is 0.943 bits per heavy atom. The van der Waals surface area contributed by atoms with Gasteiger partial charge in [0.05, 0.1) is 16.6 Å². The van der Waals surface area contributed by atoms with Crippen LogP contribution in [0.15, 0.2) is 71.6 Å². The molecule has 1 aliphatic rings. The highest BCUT2D eigenvalue weighted by atomic mass is 32.2. The van der Waals surface area contributed by atoms with Crippen molar-refractivity contribution in [2.24, 2.45) is 0 Å². The van der Waals surface area contributed by atoms with Crippen LogP contribution < -0.4 is 9.62 Å². The van der Waals surface area contributed by atoms with Crippen molar-refractivity contribution in [2.75, 3.05) is 10.8 Å². The number of para-hydroxylation sites is 1. The molecule has 0 unspecified atom stereocenters. The quantitative estimate of drug-likeness (QED) is 0.444. The van der Waals surface area contributed by atoms with Gasteiger partial charge in [0.2, 0.25) is 5.91 Å². The molecular weight excluding hydrogens is 456 g/mol. The van der Waals surface area contributed by atoms with E-state index in [9.17, 15) is 13.2 Å². The summed E-state index contributed by atoms with van der Waals surface area (Å²) in [7, 11) is -3.94. The van der Waals surface area contributed by atoms with Crippen molar-refractivity contribution in [2.45, 2.75) is 63.8 Å². The highest BCUT2D eigenvalue weighted by molar-refractivity contribution is 7.92. The van der Waals surface area contributed by atoms with E-state index >= 15 is 0 Å². The van der Waals surface area contributed by atoms with E-state index in [0.29, 0.717) is 5.69 Å². The maximum atomic E-state index is 13.7. The first kappa shape index (κ1) is 25.0. The van der Waals surface area contributed by atoms with Crippen molar-refractivity contribution >= 4 is 21.6 Å². The SMILES string of the molecule is CC[C@@H](NC(=O)CN(c1ccccc1C)S(=O)(=O)c1ccc(C)cc1)c1ccc2c(c1)CCCC2. The van der Waals surface area contributed by atoms with E-state index in [-0.39, 0.29) is 23.4 Å². The number of anilines is 1. The molecule has 3 aromatic rings. The Kier molecular flexibility index (Phi) is 7.60. The summed E-state index contributed by atoms with van der Waals surface area (Å²) in [5.41, 5.74) is 6.11. The van der Waals surface area contributed by atoms with Crippen molar-refractivity contribution < 1.29 is 13.2 Å². The molecule has 184 valence electrons. The summed E-state index contributed by atoms with van der Waals surface area (Å²) >= 11 is 0. The Bertz CT molecular complexity index is 1300. The second-order valence-corrected chi connectivity index (χ2v) is 11.2. The van der Waals surface area contributed by atoms with Gasteiger partial charge < -0.3 is 5.32 Å². The summed E-state index contributed by atoms with van der Waals surface area (Å²) < 4.78 is 28.6. The van der Waals surface area contributed by atoms with Gasteiger partial charge in [-0.05, 0) is 86.4 Å². The van der Waals surface area contributed by atoms with Crippen molar-refractivity contribution in [1.29, 1.82) is 0 Å².